The molecule has 0 aliphatic carbocycles. The summed E-state index contributed by atoms with van der Waals surface area (Å²) in [6.07, 6.45) is 4.25. The number of aliphatic hydroxyl groups is 1. The average Bonchev–Trinajstić information content (AvgIpc) is 2.71. The zero-order valence-corrected chi connectivity index (χ0v) is 9.72. The van der Waals surface area contributed by atoms with Gasteiger partial charge < -0.3 is 5.11 Å². The molecule has 7 heteroatoms. The second-order valence-corrected chi connectivity index (χ2v) is 3.74. The fraction of sp³-hybridized carbons (Fsp3) is 0.200. The molecule has 88 valence electrons. The molecule has 0 saturated heterocycles. The predicted octanol–water partition coefficient (Wildman–Crippen LogP) is 0.705. The van der Waals surface area contributed by atoms with Gasteiger partial charge in [-0.2, -0.15) is 5.10 Å². The number of nitrogens with zero attached hydrogens (tertiary/aromatic N) is 4. The van der Waals surface area contributed by atoms with Gasteiger partial charge in [0.15, 0.2) is 0 Å². The Labute approximate surface area is 102 Å². The highest BCUT2D eigenvalue weighted by atomic mass is 35.5. The van der Waals surface area contributed by atoms with Gasteiger partial charge in [0.25, 0.3) is 0 Å². The monoisotopic (exact) mass is 252 g/mol. The zero-order chi connectivity index (χ0) is 12.4. The van der Waals surface area contributed by atoms with E-state index in [9.17, 15) is 4.79 Å². The van der Waals surface area contributed by atoms with Crippen molar-refractivity contribution >= 4 is 17.4 Å². The lowest BCUT2D eigenvalue weighted by molar-refractivity contribution is 0.0895. The lowest BCUT2D eigenvalue weighted by atomic mass is 10.1. The fourth-order valence-corrected chi connectivity index (χ4v) is 1.73. The van der Waals surface area contributed by atoms with Crippen molar-refractivity contribution in [1.82, 2.24) is 19.7 Å². The van der Waals surface area contributed by atoms with E-state index in [0.29, 0.717) is 16.3 Å². The molecule has 0 unspecified atom stereocenters. The van der Waals surface area contributed by atoms with Crippen LogP contribution in [0.5, 0.6) is 0 Å². The lowest BCUT2D eigenvalue weighted by Gasteiger charge is -2.04. The Morgan fingerprint density at radius 1 is 1.53 bits per heavy atom. The molecule has 6 nitrogen and oxygen atoms in total. The fourth-order valence-electron chi connectivity index (χ4n) is 1.53. The van der Waals surface area contributed by atoms with Crippen LogP contribution in [0.2, 0.25) is 5.02 Å². The topological polar surface area (TPSA) is 80.9 Å². The zero-order valence-electron chi connectivity index (χ0n) is 8.96. The maximum Gasteiger partial charge on any atom is 0.206 e. The van der Waals surface area contributed by atoms with Crippen molar-refractivity contribution in [3.63, 3.8) is 0 Å². The van der Waals surface area contributed by atoms with Gasteiger partial charge in [0.05, 0.1) is 22.5 Å². The quantitative estimate of drug-likeness (QED) is 0.814. The minimum Gasteiger partial charge on any atom is -0.388 e. The summed E-state index contributed by atoms with van der Waals surface area (Å²) in [5.74, 6) is -0.435. The van der Waals surface area contributed by atoms with Gasteiger partial charge in [0.1, 0.15) is 18.6 Å². The summed E-state index contributed by atoms with van der Waals surface area (Å²) in [5.41, 5.74) is 1.18. The van der Waals surface area contributed by atoms with Gasteiger partial charge in [-0.05, 0) is 0 Å². The highest BCUT2D eigenvalue weighted by Gasteiger charge is 2.19. The highest BCUT2D eigenvalue weighted by Crippen LogP contribution is 2.27. The summed E-state index contributed by atoms with van der Waals surface area (Å²) in [6, 6.07) is 0. The van der Waals surface area contributed by atoms with E-state index in [-0.39, 0.29) is 5.69 Å². The number of Topliss-reactive ketones (excluding diaryl/α,β-unsaturated/α-hetero) is 1. The maximum atomic E-state index is 11.6. The number of carbonyl (C=O) groups is 1. The summed E-state index contributed by atoms with van der Waals surface area (Å²) < 4.78 is 1.38. The first-order valence-corrected chi connectivity index (χ1v) is 5.15. The third kappa shape index (κ3) is 2.04. The summed E-state index contributed by atoms with van der Waals surface area (Å²) in [6.45, 7) is -0.588. The van der Waals surface area contributed by atoms with E-state index >= 15 is 0 Å². The smallest absolute Gasteiger partial charge is 0.206 e. The molecule has 0 aliphatic heterocycles. The van der Waals surface area contributed by atoms with E-state index in [4.69, 9.17) is 16.7 Å². The molecule has 0 aliphatic rings. The number of rotatable bonds is 3. The molecule has 0 spiro atoms. The number of carbonyl (C=O) groups excluding carboxylic acids is 1. The summed E-state index contributed by atoms with van der Waals surface area (Å²) in [5, 5.41) is 13.2. The van der Waals surface area contributed by atoms with Crippen LogP contribution in [0.1, 0.15) is 10.5 Å². The Morgan fingerprint density at radius 3 is 2.94 bits per heavy atom. The molecule has 2 aromatic rings. The van der Waals surface area contributed by atoms with Gasteiger partial charge in [-0.25, -0.2) is 9.97 Å². The normalized spacial score (nSPS) is 10.5. The van der Waals surface area contributed by atoms with Crippen molar-refractivity contribution in [1.29, 1.82) is 0 Å². The van der Waals surface area contributed by atoms with Crippen molar-refractivity contribution in [2.75, 3.05) is 6.61 Å². The Hall–Kier alpha value is -1.79. The van der Waals surface area contributed by atoms with Crippen LogP contribution in [0.15, 0.2) is 18.7 Å². The average molecular weight is 253 g/mol. The van der Waals surface area contributed by atoms with Gasteiger partial charge in [-0.1, -0.05) is 11.6 Å². The van der Waals surface area contributed by atoms with Crippen LogP contribution in [0, 0.1) is 0 Å². The van der Waals surface area contributed by atoms with Crippen LogP contribution < -0.4 is 0 Å². The van der Waals surface area contributed by atoms with Crippen molar-refractivity contribution in [2.24, 2.45) is 7.05 Å². The number of ketones is 1. The molecule has 2 heterocycles. The number of aliphatic hydroxyl groups excluding tert-OH is 1. The van der Waals surface area contributed by atoms with Gasteiger partial charge in [-0.3, -0.25) is 9.48 Å². The molecule has 0 bridgehead atoms. The molecule has 17 heavy (non-hydrogen) atoms. The molecule has 1 N–H and O–H groups in total. The maximum absolute atomic E-state index is 11.6. The second-order valence-electron chi connectivity index (χ2n) is 3.33. The standard InChI is InChI=1S/C10H9ClN4O2/c1-15-10(8(17)4-16)6(2-14-15)9-7(11)3-12-5-13-9/h2-3,5,16H,4H2,1H3. The summed E-state index contributed by atoms with van der Waals surface area (Å²) in [7, 11) is 1.61. The lowest BCUT2D eigenvalue weighted by Crippen LogP contribution is -2.12. The van der Waals surface area contributed by atoms with Gasteiger partial charge in [0.2, 0.25) is 5.78 Å². The van der Waals surface area contributed by atoms with Crippen LogP contribution in [0.25, 0.3) is 11.3 Å². The first-order valence-electron chi connectivity index (χ1n) is 4.77. The van der Waals surface area contributed by atoms with Crippen LogP contribution in [0.3, 0.4) is 0 Å². The van der Waals surface area contributed by atoms with E-state index in [0.717, 1.165) is 0 Å². The van der Waals surface area contributed by atoms with Crippen molar-refractivity contribution in [3.8, 4) is 11.3 Å². The molecule has 0 atom stereocenters. The predicted molar refractivity (Wildman–Crippen MR) is 60.7 cm³/mol. The highest BCUT2D eigenvalue weighted by molar-refractivity contribution is 6.33. The van der Waals surface area contributed by atoms with E-state index in [1.165, 1.54) is 23.4 Å². The Morgan fingerprint density at radius 2 is 2.29 bits per heavy atom. The van der Waals surface area contributed by atoms with Crippen molar-refractivity contribution in [2.45, 2.75) is 0 Å². The van der Waals surface area contributed by atoms with Crippen LogP contribution in [0.4, 0.5) is 0 Å². The molecule has 0 amide bonds. The summed E-state index contributed by atoms with van der Waals surface area (Å²) in [4.78, 5) is 19.4. The van der Waals surface area contributed by atoms with Gasteiger partial charge >= 0.3 is 0 Å². The van der Waals surface area contributed by atoms with Gasteiger partial charge in [0, 0.05) is 13.2 Å². The van der Waals surface area contributed by atoms with Crippen LogP contribution in [-0.4, -0.2) is 37.2 Å². The molecule has 0 saturated carbocycles. The Kier molecular flexibility index (Phi) is 3.16. The molecule has 0 aromatic carbocycles. The largest absolute Gasteiger partial charge is 0.388 e. The first kappa shape index (κ1) is 11.7. The first-order chi connectivity index (χ1) is 8.15. The minimum absolute atomic E-state index is 0.271. The molecule has 2 rings (SSSR count). The van der Waals surface area contributed by atoms with Gasteiger partial charge in [-0.15, -0.1) is 0 Å². The van der Waals surface area contributed by atoms with E-state index in [1.54, 1.807) is 7.05 Å². The van der Waals surface area contributed by atoms with Crippen LogP contribution >= 0.6 is 11.6 Å². The molecular weight excluding hydrogens is 244 g/mol. The minimum atomic E-state index is -0.588. The Balaban J connectivity index is 2.61. The van der Waals surface area contributed by atoms with Crippen molar-refractivity contribution < 1.29 is 9.90 Å². The second kappa shape index (κ2) is 4.60. The number of halogens is 1. The Bertz CT molecular complexity index is 567. The number of hydrogen-bond acceptors (Lipinski definition) is 5. The molecular formula is C10H9ClN4O2. The third-order valence-electron chi connectivity index (χ3n) is 2.27. The van der Waals surface area contributed by atoms with E-state index in [2.05, 4.69) is 15.1 Å². The third-order valence-corrected chi connectivity index (χ3v) is 2.55. The van der Waals surface area contributed by atoms with Crippen molar-refractivity contribution in [3.05, 3.63) is 29.4 Å². The van der Waals surface area contributed by atoms with E-state index < -0.39 is 12.4 Å². The molecule has 0 fully saturated rings. The van der Waals surface area contributed by atoms with E-state index in [1.807, 2.05) is 0 Å². The molecule has 0 radical (unpaired) electrons. The SMILES string of the molecule is Cn1ncc(-c2ncncc2Cl)c1C(=O)CO. The molecule has 2 aromatic heterocycles. The summed E-state index contributed by atoms with van der Waals surface area (Å²) >= 11 is 5.95. The number of aryl methyl sites for hydroxylation is 1. The number of hydrogen-bond donors (Lipinski definition) is 1. The number of aromatic nitrogens is 4. The van der Waals surface area contributed by atoms with Crippen LogP contribution in [-0.2, 0) is 7.05 Å².